The average molecular weight is 532 g/mol. The number of carbonyl (C=O) groups excluding carboxylic acids is 1. The lowest BCUT2D eigenvalue weighted by molar-refractivity contribution is 0.0963. The van der Waals surface area contributed by atoms with Crippen LogP contribution in [-0.4, -0.2) is 42.0 Å². The number of guanidine groups is 1. The maximum Gasteiger partial charge on any atom is 0.251 e. The molecular formula is C23H29IN6O. The first-order chi connectivity index (χ1) is 14.7. The first kappa shape index (κ1) is 24.4. The smallest absolute Gasteiger partial charge is 0.251 e. The Morgan fingerprint density at radius 2 is 1.90 bits per heavy atom. The summed E-state index contributed by atoms with van der Waals surface area (Å²) < 4.78 is 0. The van der Waals surface area contributed by atoms with Gasteiger partial charge < -0.3 is 20.9 Å². The van der Waals surface area contributed by atoms with Gasteiger partial charge >= 0.3 is 0 Å². The number of imidazole rings is 1. The standard InChI is InChI=1S/C23H28N6O.HI/c1-3-25-23(26-13-12-17-8-7-11-19(14-17)22(30)24-2)28-16-21-27-15-20(29-21)18-9-5-4-6-10-18;/h4-11,14-15H,3,12-13,16H2,1-2H3,(H,24,30)(H,27,29)(H2,25,26,28);1H. The minimum absolute atomic E-state index is 0. The monoisotopic (exact) mass is 532 g/mol. The molecule has 0 fully saturated rings. The highest BCUT2D eigenvalue weighted by atomic mass is 127. The number of aliphatic imine (C=N–C) groups is 1. The Balaban J connectivity index is 0.00000341. The van der Waals surface area contributed by atoms with Crippen molar-refractivity contribution in [1.29, 1.82) is 0 Å². The van der Waals surface area contributed by atoms with Gasteiger partial charge in [0.15, 0.2) is 5.96 Å². The number of nitrogens with one attached hydrogen (secondary N) is 4. The Hall–Kier alpha value is -2.88. The van der Waals surface area contributed by atoms with Crippen LogP contribution >= 0.6 is 24.0 Å². The van der Waals surface area contributed by atoms with Crippen molar-refractivity contribution in [3.63, 3.8) is 0 Å². The summed E-state index contributed by atoms with van der Waals surface area (Å²) in [5.41, 5.74) is 3.85. The van der Waals surface area contributed by atoms with Gasteiger partial charge in [0.05, 0.1) is 11.9 Å². The van der Waals surface area contributed by atoms with Gasteiger partial charge in [-0.2, -0.15) is 0 Å². The molecule has 164 valence electrons. The Labute approximate surface area is 200 Å². The van der Waals surface area contributed by atoms with Crippen LogP contribution in [0, 0.1) is 0 Å². The summed E-state index contributed by atoms with van der Waals surface area (Å²) in [6, 6.07) is 17.8. The van der Waals surface area contributed by atoms with Crippen molar-refractivity contribution < 1.29 is 4.79 Å². The normalized spacial score (nSPS) is 10.8. The second-order valence-electron chi connectivity index (χ2n) is 6.76. The number of carbonyl (C=O) groups is 1. The van der Waals surface area contributed by atoms with Gasteiger partial charge in [0.25, 0.3) is 5.91 Å². The van der Waals surface area contributed by atoms with Gasteiger partial charge in [-0.3, -0.25) is 4.79 Å². The number of rotatable bonds is 8. The van der Waals surface area contributed by atoms with E-state index in [1.54, 1.807) is 7.05 Å². The summed E-state index contributed by atoms with van der Waals surface area (Å²) in [4.78, 5) is 24.1. The number of nitrogens with zero attached hydrogens (tertiary/aromatic N) is 2. The molecule has 7 nitrogen and oxygen atoms in total. The number of hydrogen-bond donors (Lipinski definition) is 4. The Morgan fingerprint density at radius 1 is 1.10 bits per heavy atom. The Bertz CT molecular complexity index is 986. The molecule has 0 aliphatic rings. The maximum atomic E-state index is 11.8. The summed E-state index contributed by atoms with van der Waals surface area (Å²) in [7, 11) is 1.64. The number of amides is 1. The molecule has 1 heterocycles. The molecule has 4 N–H and O–H groups in total. The van der Waals surface area contributed by atoms with E-state index in [9.17, 15) is 4.79 Å². The molecule has 0 saturated heterocycles. The van der Waals surface area contributed by atoms with Crippen LogP contribution in [0.2, 0.25) is 0 Å². The number of aromatic amines is 1. The highest BCUT2D eigenvalue weighted by Crippen LogP contribution is 2.16. The number of hydrogen-bond acceptors (Lipinski definition) is 3. The lowest BCUT2D eigenvalue weighted by Crippen LogP contribution is -2.38. The highest BCUT2D eigenvalue weighted by Gasteiger charge is 2.05. The van der Waals surface area contributed by atoms with Crippen molar-refractivity contribution in [1.82, 2.24) is 25.9 Å². The third-order valence-electron chi connectivity index (χ3n) is 4.57. The van der Waals surface area contributed by atoms with E-state index >= 15 is 0 Å². The molecule has 3 rings (SSSR count). The number of H-pyrrole nitrogens is 1. The van der Waals surface area contributed by atoms with E-state index in [0.717, 1.165) is 41.6 Å². The Kier molecular flexibility index (Phi) is 10.0. The number of benzene rings is 2. The van der Waals surface area contributed by atoms with Crippen molar-refractivity contribution in [2.24, 2.45) is 4.99 Å². The van der Waals surface area contributed by atoms with Crippen molar-refractivity contribution in [2.45, 2.75) is 19.9 Å². The van der Waals surface area contributed by atoms with Gasteiger partial charge in [-0.15, -0.1) is 24.0 Å². The van der Waals surface area contributed by atoms with Crippen LogP contribution < -0.4 is 16.0 Å². The van der Waals surface area contributed by atoms with E-state index in [1.807, 2.05) is 67.7 Å². The van der Waals surface area contributed by atoms with Crippen molar-refractivity contribution >= 4 is 35.8 Å². The number of halogens is 1. The van der Waals surface area contributed by atoms with Crippen molar-refractivity contribution in [2.75, 3.05) is 20.1 Å². The predicted molar refractivity (Wildman–Crippen MR) is 136 cm³/mol. The van der Waals surface area contributed by atoms with Gasteiger partial charge in [0.2, 0.25) is 0 Å². The molecule has 8 heteroatoms. The van der Waals surface area contributed by atoms with Crippen LogP contribution in [-0.2, 0) is 13.0 Å². The quantitative estimate of drug-likeness (QED) is 0.203. The first-order valence-corrected chi connectivity index (χ1v) is 10.1. The third-order valence-corrected chi connectivity index (χ3v) is 4.57. The zero-order valence-electron chi connectivity index (χ0n) is 17.8. The summed E-state index contributed by atoms with van der Waals surface area (Å²) in [5.74, 6) is 1.47. The number of aromatic nitrogens is 2. The summed E-state index contributed by atoms with van der Waals surface area (Å²) in [6.45, 7) is 3.96. The van der Waals surface area contributed by atoms with E-state index in [-0.39, 0.29) is 29.9 Å². The van der Waals surface area contributed by atoms with Gasteiger partial charge in [0.1, 0.15) is 12.4 Å². The minimum atomic E-state index is -0.0759. The summed E-state index contributed by atoms with van der Waals surface area (Å²) >= 11 is 0. The molecule has 0 bridgehead atoms. The van der Waals surface area contributed by atoms with E-state index < -0.39 is 0 Å². The Morgan fingerprint density at radius 3 is 2.65 bits per heavy atom. The van der Waals surface area contributed by atoms with Crippen molar-refractivity contribution in [3.05, 3.63) is 77.7 Å². The lowest BCUT2D eigenvalue weighted by Gasteiger charge is -2.11. The van der Waals surface area contributed by atoms with Crippen LogP contribution in [0.1, 0.15) is 28.7 Å². The molecule has 0 aliphatic heterocycles. The zero-order chi connectivity index (χ0) is 21.2. The molecule has 0 aliphatic carbocycles. The molecule has 0 atom stereocenters. The topological polar surface area (TPSA) is 94.2 Å². The van der Waals surface area contributed by atoms with Crippen molar-refractivity contribution in [3.8, 4) is 11.3 Å². The second kappa shape index (κ2) is 12.7. The fourth-order valence-corrected chi connectivity index (χ4v) is 3.04. The molecule has 0 radical (unpaired) electrons. The molecule has 31 heavy (non-hydrogen) atoms. The van der Waals surface area contributed by atoms with Crippen LogP contribution in [0.15, 0.2) is 65.8 Å². The highest BCUT2D eigenvalue weighted by molar-refractivity contribution is 14.0. The van der Waals surface area contributed by atoms with Gasteiger partial charge in [-0.05, 0) is 36.6 Å². The molecular weight excluding hydrogens is 503 g/mol. The van der Waals surface area contributed by atoms with Gasteiger partial charge in [0, 0.05) is 25.7 Å². The fraction of sp³-hybridized carbons (Fsp3) is 0.261. The minimum Gasteiger partial charge on any atom is -0.357 e. The van der Waals surface area contributed by atoms with Crippen LogP contribution in [0.5, 0.6) is 0 Å². The van der Waals surface area contributed by atoms with Crippen LogP contribution in [0.4, 0.5) is 0 Å². The molecule has 0 spiro atoms. The summed E-state index contributed by atoms with van der Waals surface area (Å²) in [5, 5.41) is 9.24. The molecule has 1 amide bonds. The average Bonchev–Trinajstić information content (AvgIpc) is 3.27. The van der Waals surface area contributed by atoms with Crippen LogP contribution in [0.25, 0.3) is 11.3 Å². The SMILES string of the molecule is CCNC(=NCc1ncc(-c2ccccc2)[nH]1)NCCc1cccc(C(=O)NC)c1.I. The zero-order valence-corrected chi connectivity index (χ0v) is 20.1. The van der Waals surface area contributed by atoms with E-state index in [0.29, 0.717) is 18.7 Å². The lowest BCUT2D eigenvalue weighted by atomic mass is 10.1. The van der Waals surface area contributed by atoms with E-state index in [1.165, 1.54) is 0 Å². The van der Waals surface area contributed by atoms with Gasteiger partial charge in [-0.25, -0.2) is 9.98 Å². The van der Waals surface area contributed by atoms with E-state index in [4.69, 9.17) is 0 Å². The van der Waals surface area contributed by atoms with Gasteiger partial charge in [-0.1, -0.05) is 42.5 Å². The molecule has 3 aromatic rings. The molecule has 2 aromatic carbocycles. The predicted octanol–water partition coefficient (Wildman–Crippen LogP) is 3.35. The molecule has 1 aromatic heterocycles. The largest absolute Gasteiger partial charge is 0.357 e. The summed E-state index contributed by atoms with van der Waals surface area (Å²) in [6.07, 6.45) is 2.62. The van der Waals surface area contributed by atoms with E-state index in [2.05, 4.69) is 30.9 Å². The molecule has 0 unspecified atom stereocenters. The first-order valence-electron chi connectivity index (χ1n) is 10.1. The third kappa shape index (κ3) is 7.39. The fourth-order valence-electron chi connectivity index (χ4n) is 3.04. The second-order valence-corrected chi connectivity index (χ2v) is 6.76. The van der Waals surface area contributed by atoms with Crippen LogP contribution in [0.3, 0.4) is 0 Å². The molecule has 0 saturated carbocycles. The maximum absolute atomic E-state index is 11.8.